The van der Waals surface area contributed by atoms with Crippen LogP contribution in [0, 0.1) is 5.82 Å². The summed E-state index contributed by atoms with van der Waals surface area (Å²) in [5.74, 6) is -0.880. The molecule has 0 bridgehead atoms. The summed E-state index contributed by atoms with van der Waals surface area (Å²) in [7, 11) is 0. The number of carbonyl (C=O) groups is 1. The molecule has 28 heavy (non-hydrogen) atoms. The van der Waals surface area contributed by atoms with Crippen LogP contribution >= 0.6 is 11.6 Å². The fourth-order valence-electron chi connectivity index (χ4n) is 2.48. The Morgan fingerprint density at radius 1 is 1.18 bits per heavy atom. The van der Waals surface area contributed by atoms with Crippen LogP contribution in [0.2, 0.25) is 5.02 Å². The molecule has 0 spiro atoms. The fourth-order valence-corrected chi connectivity index (χ4v) is 2.61. The molecule has 0 heterocycles. The van der Waals surface area contributed by atoms with Crippen LogP contribution in [0.3, 0.4) is 0 Å². The number of esters is 1. The van der Waals surface area contributed by atoms with Crippen molar-refractivity contribution in [2.24, 2.45) is 4.99 Å². The van der Waals surface area contributed by atoms with E-state index >= 15 is 0 Å². The van der Waals surface area contributed by atoms with Crippen molar-refractivity contribution in [1.82, 2.24) is 0 Å². The Morgan fingerprint density at radius 2 is 1.93 bits per heavy atom. The number of hydrogen-bond donors (Lipinski definition) is 1. The van der Waals surface area contributed by atoms with Gasteiger partial charge in [-0.05, 0) is 43.7 Å². The van der Waals surface area contributed by atoms with Crippen molar-refractivity contribution in [3.8, 4) is 5.75 Å². The molecular formula is C21H23ClFNO4. The zero-order valence-electron chi connectivity index (χ0n) is 15.7. The molecule has 0 aliphatic rings. The van der Waals surface area contributed by atoms with Gasteiger partial charge in [-0.25, -0.2) is 4.39 Å². The minimum Gasteiger partial charge on any atom is -0.507 e. The highest BCUT2D eigenvalue weighted by Gasteiger charge is 2.13. The lowest BCUT2D eigenvalue weighted by atomic mass is 10.0. The molecule has 0 saturated carbocycles. The van der Waals surface area contributed by atoms with E-state index in [9.17, 15) is 14.3 Å². The number of ether oxygens (including phenoxy) is 2. The summed E-state index contributed by atoms with van der Waals surface area (Å²) >= 11 is 5.93. The molecule has 5 nitrogen and oxygen atoms in total. The molecule has 2 aromatic rings. The Balaban J connectivity index is 2.06. The van der Waals surface area contributed by atoms with Gasteiger partial charge in [0.05, 0.1) is 12.3 Å². The molecule has 0 radical (unpaired) electrons. The van der Waals surface area contributed by atoms with E-state index in [4.69, 9.17) is 21.1 Å². The number of nitrogens with zero attached hydrogens (tertiary/aromatic N) is 1. The predicted octanol–water partition coefficient (Wildman–Crippen LogP) is 4.38. The fraction of sp³-hybridized carbons (Fsp3) is 0.333. The second kappa shape index (κ2) is 11.4. The minimum atomic E-state index is -0.479. The monoisotopic (exact) mass is 407 g/mol. The molecule has 150 valence electrons. The van der Waals surface area contributed by atoms with Gasteiger partial charge in [0.2, 0.25) is 0 Å². The van der Waals surface area contributed by atoms with Crippen LogP contribution in [0.5, 0.6) is 5.75 Å². The molecule has 0 atom stereocenters. The molecule has 2 rings (SSSR count). The van der Waals surface area contributed by atoms with E-state index in [1.54, 1.807) is 24.3 Å². The maximum absolute atomic E-state index is 13.7. The number of phenolic OH excluding ortho intramolecular Hbond substituents is 1. The molecule has 0 aliphatic heterocycles. The molecule has 0 fully saturated rings. The lowest BCUT2D eigenvalue weighted by Crippen LogP contribution is -2.11. The van der Waals surface area contributed by atoms with E-state index in [-0.39, 0.29) is 30.3 Å². The van der Waals surface area contributed by atoms with Crippen LogP contribution < -0.4 is 0 Å². The van der Waals surface area contributed by atoms with Crippen LogP contribution in [0.15, 0.2) is 47.5 Å². The van der Waals surface area contributed by atoms with Crippen molar-refractivity contribution in [3.63, 3.8) is 0 Å². The number of carbonyl (C=O) groups excluding carboxylic acids is 1. The summed E-state index contributed by atoms with van der Waals surface area (Å²) in [4.78, 5) is 16.2. The standard InChI is InChI=1S/C21H23ClFNO4/c1-2-27-12-13-28-20(26)4-3-11-24-21(15-5-7-16(22)8-6-15)18-14-17(23)9-10-19(18)25/h5-10,14,25H,2-4,11-13H2,1H3. The van der Waals surface area contributed by atoms with Crippen molar-refractivity contribution in [1.29, 1.82) is 0 Å². The molecular weight excluding hydrogens is 385 g/mol. The van der Waals surface area contributed by atoms with Crippen molar-refractivity contribution in [2.45, 2.75) is 19.8 Å². The third-order valence-corrected chi connectivity index (χ3v) is 4.09. The van der Waals surface area contributed by atoms with Crippen molar-refractivity contribution >= 4 is 23.3 Å². The average Bonchev–Trinajstić information content (AvgIpc) is 2.68. The van der Waals surface area contributed by atoms with Gasteiger partial charge in [0.15, 0.2) is 0 Å². The van der Waals surface area contributed by atoms with E-state index in [0.29, 0.717) is 42.5 Å². The number of aromatic hydroxyl groups is 1. The van der Waals surface area contributed by atoms with Gasteiger partial charge in [-0.2, -0.15) is 0 Å². The van der Waals surface area contributed by atoms with E-state index in [1.807, 2.05) is 6.92 Å². The first-order chi connectivity index (χ1) is 13.5. The highest BCUT2D eigenvalue weighted by Crippen LogP contribution is 2.23. The summed E-state index contributed by atoms with van der Waals surface area (Å²) in [6.07, 6.45) is 0.666. The number of rotatable bonds is 10. The Hall–Kier alpha value is -2.44. The zero-order chi connectivity index (χ0) is 20.4. The number of aliphatic imine (C=N–C) groups is 1. The summed E-state index contributed by atoms with van der Waals surface area (Å²) < 4.78 is 23.9. The molecule has 2 aromatic carbocycles. The largest absolute Gasteiger partial charge is 0.507 e. The topological polar surface area (TPSA) is 68.1 Å². The quantitative estimate of drug-likeness (QED) is 0.360. The van der Waals surface area contributed by atoms with Gasteiger partial charge in [-0.3, -0.25) is 9.79 Å². The maximum atomic E-state index is 13.7. The normalized spacial score (nSPS) is 11.5. The van der Waals surface area contributed by atoms with Crippen molar-refractivity contribution in [2.75, 3.05) is 26.4 Å². The second-order valence-electron chi connectivity index (χ2n) is 5.92. The Kier molecular flexibility index (Phi) is 8.91. The third-order valence-electron chi connectivity index (χ3n) is 3.84. The predicted molar refractivity (Wildman–Crippen MR) is 107 cm³/mol. The summed E-state index contributed by atoms with van der Waals surface area (Å²) in [5, 5.41) is 10.7. The number of phenols is 1. The summed E-state index contributed by atoms with van der Waals surface area (Å²) in [6, 6.07) is 10.6. The zero-order valence-corrected chi connectivity index (χ0v) is 16.4. The SMILES string of the molecule is CCOCCOC(=O)CCCN=C(c1ccc(Cl)cc1)c1cc(F)ccc1O. The summed E-state index contributed by atoms with van der Waals surface area (Å²) in [5.41, 5.74) is 1.39. The van der Waals surface area contributed by atoms with Crippen LogP contribution in [-0.2, 0) is 14.3 Å². The van der Waals surface area contributed by atoms with Crippen LogP contribution in [0.25, 0.3) is 0 Å². The van der Waals surface area contributed by atoms with Crippen LogP contribution in [0.1, 0.15) is 30.9 Å². The van der Waals surface area contributed by atoms with Crippen molar-refractivity contribution in [3.05, 3.63) is 64.4 Å². The number of benzene rings is 2. The third kappa shape index (κ3) is 6.94. The van der Waals surface area contributed by atoms with Crippen molar-refractivity contribution < 1.29 is 23.8 Å². The molecule has 7 heteroatoms. The highest BCUT2D eigenvalue weighted by atomic mass is 35.5. The maximum Gasteiger partial charge on any atom is 0.305 e. The lowest BCUT2D eigenvalue weighted by Gasteiger charge is -2.10. The Morgan fingerprint density at radius 3 is 2.64 bits per heavy atom. The average molecular weight is 408 g/mol. The van der Waals surface area contributed by atoms with Gasteiger partial charge in [-0.15, -0.1) is 0 Å². The molecule has 0 aliphatic carbocycles. The van der Waals surface area contributed by atoms with Gasteiger partial charge < -0.3 is 14.6 Å². The lowest BCUT2D eigenvalue weighted by molar-refractivity contribution is -0.145. The first-order valence-corrected chi connectivity index (χ1v) is 9.41. The number of halogens is 2. The molecule has 0 saturated heterocycles. The van der Waals surface area contributed by atoms with Gasteiger partial charge in [0, 0.05) is 35.7 Å². The molecule has 1 N–H and O–H groups in total. The molecule has 0 unspecified atom stereocenters. The first-order valence-electron chi connectivity index (χ1n) is 9.04. The van der Waals surface area contributed by atoms with E-state index in [0.717, 1.165) is 0 Å². The van der Waals surface area contributed by atoms with Gasteiger partial charge >= 0.3 is 5.97 Å². The van der Waals surface area contributed by atoms with Gasteiger partial charge in [0.1, 0.15) is 18.2 Å². The Bertz CT molecular complexity index is 809. The van der Waals surface area contributed by atoms with Gasteiger partial charge in [0.25, 0.3) is 0 Å². The Labute approximate surface area is 168 Å². The first kappa shape index (κ1) is 21.9. The molecule has 0 amide bonds. The van der Waals surface area contributed by atoms with E-state index in [1.165, 1.54) is 18.2 Å². The van der Waals surface area contributed by atoms with Crippen LogP contribution in [0.4, 0.5) is 4.39 Å². The minimum absolute atomic E-state index is 0.0783. The van der Waals surface area contributed by atoms with Gasteiger partial charge in [-0.1, -0.05) is 23.7 Å². The van der Waals surface area contributed by atoms with Crippen LogP contribution in [-0.4, -0.2) is 43.2 Å². The summed E-state index contributed by atoms with van der Waals surface area (Å²) in [6.45, 7) is 3.36. The number of hydrogen-bond acceptors (Lipinski definition) is 5. The molecule has 0 aromatic heterocycles. The highest BCUT2D eigenvalue weighted by molar-refractivity contribution is 6.30. The van der Waals surface area contributed by atoms with E-state index < -0.39 is 5.82 Å². The second-order valence-corrected chi connectivity index (χ2v) is 6.36. The smallest absolute Gasteiger partial charge is 0.305 e. The van der Waals surface area contributed by atoms with E-state index in [2.05, 4.69) is 4.99 Å².